The molecule has 0 bridgehead atoms. The Morgan fingerprint density at radius 3 is 2.39 bits per heavy atom. The number of aromatic nitrogens is 1. The van der Waals surface area contributed by atoms with Crippen LogP contribution in [0.25, 0.3) is 11.3 Å². The first-order valence-corrected chi connectivity index (χ1v) is 12.1. The minimum absolute atomic E-state index is 0.0628. The van der Waals surface area contributed by atoms with Gasteiger partial charge in [-0.2, -0.15) is 13.2 Å². The van der Waals surface area contributed by atoms with Gasteiger partial charge in [-0.3, -0.25) is 4.90 Å². The van der Waals surface area contributed by atoms with Gasteiger partial charge in [-0.25, -0.2) is 4.79 Å². The number of halogens is 3. The third-order valence-electron chi connectivity index (χ3n) is 6.93. The summed E-state index contributed by atoms with van der Waals surface area (Å²) in [4.78, 5) is 13.2. The summed E-state index contributed by atoms with van der Waals surface area (Å²) in [6.45, 7) is 2.62. The second kappa shape index (κ2) is 9.97. The zero-order valence-corrected chi connectivity index (χ0v) is 19.6. The minimum atomic E-state index is -4.47. The van der Waals surface area contributed by atoms with E-state index < -0.39 is 17.7 Å². The quantitative estimate of drug-likeness (QED) is 0.395. The van der Waals surface area contributed by atoms with E-state index in [0.717, 1.165) is 56.2 Å². The number of benzene rings is 2. The normalized spacial score (nSPS) is 17.3. The molecule has 6 nitrogen and oxygen atoms in total. The fourth-order valence-corrected chi connectivity index (χ4v) is 4.73. The number of rotatable bonds is 8. The molecule has 0 spiro atoms. The molecule has 2 heterocycles. The number of carbonyl (C=O) groups is 1. The van der Waals surface area contributed by atoms with Gasteiger partial charge in [-0.05, 0) is 75.0 Å². The van der Waals surface area contributed by atoms with E-state index in [1.165, 1.54) is 24.3 Å². The summed E-state index contributed by atoms with van der Waals surface area (Å²) in [5.41, 5.74) is 0.636. The van der Waals surface area contributed by atoms with Gasteiger partial charge in [0.05, 0.1) is 17.7 Å². The molecule has 2 aliphatic rings. The third kappa shape index (κ3) is 5.41. The molecule has 3 aromatic rings. The van der Waals surface area contributed by atoms with Crippen molar-refractivity contribution in [2.45, 2.75) is 44.3 Å². The Morgan fingerprint density at radius 1 is 1.06 bits per heavy atom. The Hall–Kier alpha value is -3.33. The van der Waals surface area contributed by atoms with Crippen LogP contribution < -0.4 is 4.74 Å². The van der Waals surface area contributed by atoms with E-state index in [9.17, 15) is 18.0 Å². The first-order valence-electron chi connectivity index (χ1n) is 12.1. The monoisotopic (exact) mass is 500 g/mol. The largest absolute Gasteiger partial charge is 0.493 e. The number of nitrogens with zero attached hydrogens (tertiary/aromatic N) is 2. The van der Waals surface area contributed by atoms with Gasteiger partial charge in [0.25, 0.3) is 0 Å². The number of carboxylic acid groups (broad SMARTS) is 1. The number of hydrogen-bond donors (Lipinski definition) is 1. The van der Waals surface area contributed by atoms with Crippen LogP contribution in [-0.2, 0) is 12.7 Å². The average Bonchev–Trinajstić information content (AvgIpc) is 3.63. The van der Waals surface area contributed by atoms with Crippen molar-refractivity contribution in [2.75, 3.05) is 19.7 Å². The van der Waals surface area contributed by atoms with E-state index in [0.29, 0.717) is 30.5 Å². The molecule has 1 aromatic heterocycles. The topological polar surface area (TPSA) is 75.8 Å². The van der Waals surface area contributed by atoms with Gasteiger partial charge >= 0.3 is 12.1 Å². The number of alkyl halides is 3. The van der Waals surface area contributed by atoms with Crippen molar-refractivity contribution < 1.29 is 32.3 Å². The van der Waals surface area contributed by atoms with Gasteiger partial charge in [0, 0.05) is 23.6 Å². The lowest BCUT2D eigenvalue weighted by atomic mass is 9.95. The molecule has 1 saturated heterocycles. The van der Waals surface area contributed by atoms with Crippen LogP contribution in [-0.4, -0.2) is 40.8 Å². The number of aromatic carboxylic acids is 1. The van der Waals surface area contributed by atoms with Crippen LogP contribution >= 0.6 is 0 Å². The summed E-state index contributed by atoms with van der Waals surface area (Å²) in [5, 5.41) is 13.1. The Balaban J connectivity index is 1.24. The Morgan fingerprint density at radius 2 is 1.75 bits per heavy atom. The van der Waals surface area contributed by atoms with Crippen molar-refractivity contribution in [1.82, 2.24) is 10.1 Å². The number of carboxylic acids is 1. The van der Waals surface area contributed by atoms with Gasteiger partial charge in [-0.1, -0.05) is 23.4 Å². The highest BCUT2D eigenvalue weighted by Gasteiger charge is 2.38. The smallest absolute Gasteiger partial charge is 0.417 e. The molecule has 0 radical (unpaired) electrons. The zero-order chi connectivity index (χ0) is 25.3. The highest BCUT2D eigenvalue weighted by Crippen LogP contribution is 2.46. The molecule has 1 N–H and O–H groups in total. The first kappa shape index (κ1) is 24.4. The lowest BCUT2D eigenvalue weighted by Gasteiger charge is -2.32. The van der Waals surface area contributed by atoms with Crippen LogP contribution in [0.2, 0.25) is 0 Å². The summed E-state index contributed by atoms with van der Waals surface area (Å²) >= 11 is 0. The standard InChI is InChI=1S/C27H27F3N2O4/c28-27(29,30)23-4-2-1-3-21(23)24-22(25(36-31-24)18-5-6-18)15-32-13-11-17(12-14-32)16-35-20-9-7-19(8-10-20)26(33)34/h1-4,7-10,17-18H,5-6,11-16H2,(H,33,34). The predicted molar refractivity (Wildman–Crippen MR) is 126 cm³/mol. The number of ether oxygens (including phenoxy) is 1. The van der Waals surface area contributed by atoms with E-state index >= 15 is 0 Å². The van der Waals surface area contributed by atoms with Crippen molar-refractivity contribution in [3.05, 3.63) is 71.0 Å². The van der Waals surface area contributed by atoms with E-state index in [1.54, 1.807) is 18.2 Å². The summed E-state index contributed by atoms with van der Waals surface area (Å²) in [6.07, 6.45) is -0.749. The van der Waals surface area contributed by atoms with Crippen LogP contribution in [0.4, 0.5) is 13.2 Å². The molecule has 190 valence electrons. The molecule has 0 atom stereocenters. The summed E-state index contributed by atoms with van der Waals surface area (Å²) in [6, 6.07) is 11.9. The molecule has 2 aromatic carbocycles. The van der Waals surface area contributed by atoms with Crippen molar-refractivity contribution in [2.24, 2.45) is 5.92 Å². The molecular formula is C27H27F3N2O4. The van der Waals surface area contributed by atoms with E-state index in [2.05, 4.69) is 10.1 Å². The van der Waals surface area contributed by atoms with Crippen molar-refractivity contribution >= 4 is 5.97 Å². The van der Waals surface area contributed by atoms with E-state index in [4.69, 9.17) is 14.4 Å². The molecule has 2 fully saturated rings. The zero-order valence-electron chi connectivity index (χ0n) is 19.6. The van der Waals surface area contributed by atoms with Gasteiger partial charge in [0.2, 0.25) is 0 Å². The summed E-state index contributed by atoms with van der Waals surface area (Å²) in [5.74, 6) is 0.955. The van der Waals surface area contributed by atoms with E-state index in [-0.39, 0.29) is 17.0 Å². The molecule has 1 aliphatic heterocycles. The molecule has 36 heavy (non-hydrogen) atoms. The van der Waals surface area contributed by atoms with Gasteiger partial charge < -0.3 is 14.4 Å². The molecule has 5 rings (SSSR count). The molecule has 1 aliphatic carbocycles. The Kier molecular flexibility index (Phi) is 6.75. The summed E-state index contributed by atoms with van der Waals surface area (Å²) in [7, 11) is 0. The second-order valence-corrected chi connectivity index (χ2v) is 9.55. The van der Waals surface area contributed by atoms with Crippen LogP contribution in [0.3, 0.4) is 0 Å². The third-order valence-corrected chi connectivity index (χ3v) is 6.93. The van der Waals surface area contributed by atoms with Crippen molar-refractivity contribution in [1.29, 1.82) is 0 Å². The van der Waals surface area contributed by atoms with Crippen molar-refractivity contribution in [3.8, 4) is 17.0 Å². The highest BCUT2D eigenvalue weighted by atomic mass is 19.4. The van der Waals surface area contributed by atoms with Crippen LogP contribution in [0.5, 0.6) is 5.75 Å². The van der Waals surface area contributed by atoms with Crippen LogP contribution in [0.15, 0.2) is 53.1 Å². The fraction of sp³-hybridized carbons (Fsp3) is 0.407. The Labute approximate surface area is 206 Å². The van der Waals surface area contributed by atoms with Crippen LogP contribution in [0, 0.1) is 5.92 Å². The van der Waals surface area contributed by atoms with Gasteiger partial charge in [0.1, 0.15) is 17.2 Å². The average molecular weight is 501 g/mol. The molecule has 1 saturated carbocycles. The Bertz CT molecular complexity index is 1210. The first-order chi connectivity index (χ1) is 17.3. The maximum absolute atomic E-state index is 13.7. The SMILES string of the molecule is O=C(O)c1ccc(OCC2CCN(Cc3c(-c4ccccc4C(F)(F)F)noc3C3CC3)CC2)cc1. The highest BCUT2D eigenvalue weighted by molar-refractivity contribution is 5.87. The van der Waals surface area contributed by atoms with E-state index in [1.807, 2.05) is 0 Å². The lowest BCUT2D eigenvalue weighted by Crippen LogP contribution is -2.35. The lowest BCUT2D eigenvalue weighted by molar-refractivity contribution is -0.137. The number of piperidine rings is 1. The molecular weight excluding hydrogens is 473 g/mol. The maximum Gasteiger partial charge on any atom is 0.417 e. The minimum Gasteiger partial charge on any atom is -0.493 e. The second-order valence-electron chi connectivity index (χ2n) is 9.55. The van der Waals surface area contributed by atoms with Gasteiger partial charge in [-0.15, -0.1) is 0 Å². The maximum atomic E-state index is 13.7. The molecule has 0 amide bonds. The predicted octanol–water partition coefficient (Wildman–Crippen LogP) is 6.23. The fourth-order valence-electron chi connectivity index (χ4n) is 4.73. The molecule has 9 heteroatoms. The number of hydrogen-bond acceptors (Lipinski definition) is 5. The number of likely N-dealkylation sites (tertiary alicyclic amines) is 1. The molecule has 0 unspecified atom stereocenters. The summed E-state index contributed by atoms with van der Waals surface area (Å²) < 4.78 is 52.5. The van der Waals surface area contributed by atoms with Gasteiger partial charge in [0.15, 0.2) is 0 Å². The van der Waals surface area contributed by atoms with Crippen LogP contribution in [0.1, 0.15) is 58.8 Å². The van der Waals surface area contributed by atoms with Crippen molar-refractivity contribution in [3.63, 3.8) is 0 Å².